The predicted octanol–water partition coefficient (Wildman–Crippen LogP) is 3.29. The van der Waals surface area contributed by atoms with E-state index in [0.717, 1.165) is 17.7 Å². The topological polar surface area (TPSA) is 126 Å². The first-order valence-electron chi connectivity index (χ1n) is 11.9. The molecule has 1 atom stereocenters. The quantitative estimate of drug-likeness (QED) is 0.319. The van der Waals surface area contributed by atoms with Crippen LogP contribution in [0.1, 0.15) is 36.7 Å². The highest BCUT2D eigenvalue weighted by molar-refractivity contribution is 7.89. The van der Waals surface area contributed by atoms with Crippen molar-refractivity contribution in [3.05, 3.63) is 89.9 Å². The summed E-state index contributed by atoms with van der Waals surface area (Å²) in [5.74, 6) is -1.55. The minimum absolute atomic E-state index is 0.0781. The molecular formula is C27H31FN4O5S. The molecule has 3 N–H and O–H groups in total. The maximum absolute atomic E-state index is 13.2. The summed E-state index contributed by atoms with van der Waals surface area (Å²) in [5, 5.41) is 5.14. The highest BCUT2D eigenvalue weighted by Crippen LogP contribution is 2.13. The van der Waals surface area contributed by atoms with Gasteiger partial charge in [0, 0.05) is 18.5 Å². The van der Waals surface area contributed by atoms with Gasteiger partial charge in [-0.1, -0.05) is 30.3 Å². The van der Waals surface area contributed by atoms with Gasteiger partial charge in [0.25, 0.3) is 15.9 Å². The lowest BCUT2D eigenvalue weighted by Crippen LogP contribution is -2.45. The molecule has 1 aromatic heterocycles. The summed E-state index contributed by atoms with van der Waals surface area (Å²) in [4.78, 5) is 29.8. The van der Waals surface area contributed by atoms with Crippen LogP contribution in [-0.2, 0) is 26.0 Å². The monoisotopic (exact) mass is 542 g/mol. The fourth-order valence-electron chi connectivity index (χ4n) is 3.35. The third-order valence-corrected chi connectivity index (χ3v) is 6.60. The molecule has 38 heavy (non-hydrogen) atoms. The standard InChI is InChI=1S/C27H31FN4O5S/c1-27(2,3)37-16-15-30-38(35,36)24-14-13-22(18-29-24)31-26(34)23(17-19-7-5-4-6-8-19)32-25(33)20-9-11-21(28)12-10-20/h4-14,18,23,30H,15-17H2,1-3H3,(H,31,34)(H,32,33)/t23-/m0/s1. The molecule has 0 aliphatic heterocycles. The Morgan fingerprint density at radius 1 is 1.00 bits per heavy atom. The number of nitrogens with zero attached hydrogens (tertiary/aromatic N) is 1. The van der Waals surface area contributed by atoms with E-state index in [1.165, 1.54) is 30.5 Å². The number of amides is 2. The SMILES string of the molecule is CC(C)(C)OCCNS(=O)(=O)c1ccc(NC(=O)[C@H](Cc2ccccc2)NC(=O)c2ccc(F)cc2)cn1. The van der Waals surface area contributed by atoms with Gasteiger partial charge in [-0.05, 0) is 62.7 Å². The number of sulfonamides is 1. The molecule has 9 nitrogen and oxygen atoms in total. The Kier molecular flexibility index (Phi) is 9.67. The highest BCUT2D eigenvalue weighted by atomic mass is 32.2. The van der Waals surface area contributed by atoms with E-state index in [1.54, 1.807) is 0 Å². The fraction of sp³-hybridized carbons (Fsp3) is 0.296. The van der Waals surface area contributed by atoms with Crippen molar-refractivity contribution in [1.82, 2.24) is 15.0 Å². The summed E-state index contributed by atoms with van der Waals surface area (Å²) in [7, 11) is -3.87. The van der Waals surface area contributed by atoms with E-state index < -0.39 is 33.7 Å². The largest absolute Gasteiger partial charge is 0.375 e. The minimum Gasteiger partial charge on any atom is -0.375 e. The lowest BCUT2D eigenvalue weighted by Gasteiger charge is -2.19. The molecule has 1 heterocycles. The maximum Gasteiger partial charge on any atom is 0.258 e. The van der Waals surface area contributed by atoms with Gasteiger partial charge in [-0.3, -0.25) is 9.59 Å². The van der Waals surface area contributed by atoms with Crippen molar-refractivity contribution in [3.8, 4) is 0 Å². The van der Waals surface area contributed by atoms with Crippen molar-refractivity contribution in [2.75, 3.05) is 18.5 Å². The van der Waals surface area contributed by atoms with Crippen LogP contribution in [0.2, 0.25) is 0 Å². The van der Waals surface area contributed by atoms with E-state index in [0.29, 0.717) is 0 Å². The van der Waals surface area contributed by atoms with E-state index in [2.05, 4.69) is 20.3 Å². The van der Waals surface area contributed by atoms with Crippen molar-refractivity contribution < 1.29 is 27.1 Å². The van der Waals surface area contributed by atoms with Crippen LogP contribution in [-0.4, -0.2) is 50.0 Å². The van der Waals surface area contributed by atoms with E-state index in [9.17, 15) is 22.4 Å². The molecule has 0 radical (unpaired) electrons. The third-order valence-electron chi connectivity index (χ3n) is 5.22. The highest BCUT2D eigenvalue weighted by Gasteiger charge is 2.23. The molecule has 0 aliphatic carbocycles. The van der Waals surface area contributed by atoms with Gasteiger partial charge in [0.2, 0.25) is 5.91 Å². The number of rotatable bonds is 11. The molecule has 11 heteroatoms. The fourth-order valence-corrected chi connectivity index (χ4v) is 4.29. The lowest BCUT2D eigenvalue weighted by atomic mass is 10.0. The Bertz CT molecular complexity index is 1330. The van der Waals surface area contributed by atoms with Gasteiger partial charge in [0.05, 0.1) is 24.1 Å². The summed E-state index contributed by atoms with van der Waals surface area (Å²) in [6, 6.07) is 15.8. The van der Waals surface area contributed by atoms with Crippen LogP contribution in [0.3, 0.4) is 0 Å². The van der Waals surface area contributed by atoms with Crippen LogP contribution in [0.5, 0.6) is 0 Å². The number of pyridine rings is 1. The van der Waals surface area contributed by atoms with E-state index >= 15 is 0 Å². The molecule has 0 fully saturated rings. The second kappa shape index (κ2) is 12.7. The molecule has 0 bridgehead atoms. The molecular weight excluding hydrogens is 511 g/mol. The van der Waals surface area contributed by atoms with E-state index in [-0.39, 0.29) is 41.5 Å². The number of hydrogen-bond acceptors (Lipinski definition) is 6. The second-order valence-corrected chi connectivity index (χ2v) is 11.2. The van der Waals surface area contributed by atoms with Gasteiger partial charge in [0.1, 0.15) is 11.9 Å². The van der Waals surface area contributed by atoms with Crippen molar-refractivity contribution in [3.63, 3.8) is 0 Å². The molecule has 2 amide bonds. The number of nitrogens with one attached hydrogen (secondary N) is 3. The number of ether oxygens (including phenoxy) is 1. The first-order chi connectivity index (χ1) is 17.9. The average Bonchev–Trinajstić information content (AvgIpc) is 2.87. The smallest absolute Gasteiger partial charge is 0.258 e. The zero-order valence-corrected chi connectivity index (χ0v) is 22.2. The van der Waals surface area contributed by atoms with Crippen LogP contribution in [0.15, 0.2) is 78.0 Å². The van der Waals surface area contributed by atoms with Crippen molar-refractivity contribution in [2.24, 2.45) is 0 Å². The third kappa shape index (κ3) is 9.02. The second-order valence-electron chi connectivity index (χ2n) is 9.46. The Labute approximate surface area is 221 Å². The minimum atomic E-state index is -3.87. The molecule has 202 valence electrons. The Balaban J connectivity index is 1.68. The molecule has 0 spiro atoms. The number of anilines is 1. The summed E-state index contributed by atoms with van der Waals surface area (Å²) in [6.07, 6.45) is 1.42. The van der Waals surface area contributed by atoms with Crippen LogP contribution in [0, 0.1) is 5.82 Å². The Hall–Kier alpha value is -3.67. The van der Waals surface area contributed by atoms with Gasteiger partial charge in [0.15, 0.2) is 5.03 Å². The van der Waals surface area contributed by atoms with Crippen molar-refractivity contribution in [2.45, 2.75) is 43.9 Å². The zero-order chi connectivity index (χ0) is 27.8. The van der Waals surface area contributed by atoms with Gasteiger partial charge in [-0.15, -0.1) is 0 Å². The van der Waals surface area contributed by atoms with Gasteiger partial charge >= 0.3 is 0 Å². The molecule has 0 saturated carbocycles. The molecule has 0 saturated heterocycles. The summed E-state index contributed by atoms with van der Waals surface area (Å²) < 4.78 is 46.2. The molecule has 3 rings (SSSR count). The number of carbonyl (C=O) groups is 2. The normalized spacial score (nSPS) is 12.5. The van der Waals surface area contributed by atoms with Crippen LogP contribution in [0.4, 0.5) is 10.1 Å². The lowest BCUT2D eigenvalue weighted by molar-refractivity contribution is -0.118. The maximum atomic E-state index is 13.2. The number of hydrogen-bond donors (Lipinski definition) is 3. The first kappa shape index (κ1) is 28.9. The number of halogens is 1. The van der Waals surface area contributed by atoms with Crippen molar-refractivity contribution in [1.29, 1.82) is 0 Å². The molecule has 0 aliphatic rings. The first-order valence-corrected chi connectivity index (χ1v) is 13.4. The van der Waals surface area contributed by atoms with Crippen molar-refractivity contribution >= 4 is 27.5 Å². The molecule has 2 aromatic carbocycles. The van der Waals surface area contributed by atoms with Gasteiger partial charge < -0.3 is 15.4 Å². The average molecular weight is 543 g/mol. The van der Waals surface area contributed by atoms with Crippen LogP contribution >= 0.6 is 0 Å². The number of benzene rings is 2. The molecule has 3 aromatic rings. The van der Waals surface area contributed by atoms with E-state index in [1.807, 2.05) is 51.1 Å². The van der Waals surface area contributed by atoms with Crippen LogP contribution < -0.4 is 15.4 Å². The van der Waals surface area contributed by atoms with Gasteiger partial charge in [-0.2, -0.15) is 0 Å². The summed E-state index contributed by atoms with van der Waals surface area (Å²) >= 11 is 0. The van der Waals surface area contributed by atoms with Gasteiger partial charge in [-0.25, -0.2) is 22.5 Å². The summed E-state index contributed by atoms with van der Waals surface area (Å²) in [6.45, 7) is 5.89. The number of aromatic nitrogens is 1. The Morgan fingerprint density at radius 2 is 1.68 bits per heavy atom. The summed E-state index contributed by atoms with van der Waals surface area (Å²) in [5.41, 5.74) is 0.876. The van der Waals surface area contributed by atoms with E-state index in [4.69, 9.17) is 4.74 Å². The van der Waals surface area contributed by atoms with Crippen LogP contribution in [0.25, 0.3) is 0 Å². The molecule has 0 unspecified atom stereocenters. The Morgan fingerprint density at radius 3 is 2.29 bits per heavy atom. The predicted molar refractivity (Wildman–Crippen MR) is 142 cm³/mol. The zero-order valence-electron chi connectivity index (χ0n) is 21.4. The number of carbonyl (C=O) groups excluding carboxylic acids is 2.